The molecule has 24 heavy (non-hydrogen) atoms. The zero-order chi connectivity index (χ0) is 17.9. The van der Waals surface area contributed by atoms with E-state index in [0.29, 0.717) is 22.1 Å². The van der Waals surface area contributed by atoms with Crippen molar-refractivity contribution >= 4 is 45.6 Å². The molecule has 0 radical (unpaired) electrons. The summed E-state index contributed by atoms with van der Waals surface area (Å²) >= 11 is 1.38. The van der Waals surface area contributed by atoms with Gasteiger partial charge in [0.2, 0.25) is 11.8 Å². The topological polar surface area (TPSA) is 100 Å². The maximum Gasteiger partial charge on any atom is 0.257 e. The summed E-state index contributed by atoms with van der Waals surface area (Å²) in [5, 5.41) is 8.44. The Balaban J connectivity index is 2.30. The van der Waals surface area contributed by atoms with Crippen LogP contribution in [0.1, 0.15) is 34.8 Å². The van der Waals surface area contributed by atoms with Crippen LogP contribution >= 0.6 is 11.3 Å². The highest BCUT2D eigenvalue weighted by molar-refractivity contribution is 7.15. The van der Waals surface area contributed by atoms with Crippen molar-refractivity contribution in [2.45, 2.75) is 27.7 Å². The lowest BCUT2D eigenvalue weighted by atomic mass is 10.1. The average molecular weight is 346 g/mol. The molecule has 0 saturated carbocycles. The van der Waals surface area contributed by atoms with Gasteiger partial charge in [-0.25, -0.2) is 4.98 Å². The molecule has 0 saturated heterocycles. The van der Waals surface area contributed by atoms with Gasteiger partial charge in [-0.15, -0.1) is 11.3 Å². The number of carbonyl (C=O) groups is 3. The Morgan fingerprint density at radius 1 is 0.917 bits per heavy atom. The van der Waals surface area contributed by atoms with Crippen LogP contribution < -0.4 is 16.0 Å². The summed E-state index contributed by atoms with van der Waals surface area (Å²) in [5.41, 5.74) is 2.01. The van der Waals surface area contributed by atoms with Gasteiger partial charge in [-0.05, 0) is 32.0 Å². The first-order valence-electron chi connectivity index (χ1n) is 7.20. The monoisotopic (exact) mass is 346 g/mol. The van der Waals surface area contributed by atoms with Gasteiger partial charge in [0, 0.05) is 35.7 Å². The van der Waals surface area contributed by atoms with Crippen LogP contribution in [0.2, 0.25) is 0 Å². The summed E-state index contributed by atoms with van der Waals surface area (Å²) in [4.78, 5) is 40.2. The first-order chi connectivity index (χ1) is 11.2. The molecule has 1 aromatic heterocycles. The molecule has 1 aromatic carbocycles. The molecule has 0 aliphatic heterocycles. The highest BCUT2D eigenvalue weighted by Crippen LogP contribution is 2.24. The quantitative estimate of drug-likeness (QED) is 0.792. The summed E-state index contributed by atoms with van der Waals surface area (Å²) in [6, 6.07) is 4.65. The first-order valence-corrected chi connectivity index (χ1v) is 8.02. The van der Waals surface area contributed by atoms with Crippen molar-refractivity contribution in [2.75, 3.05) is 16.0 Å². The highest BCUT2D eigenvalue weighted by Gasteiger charge is 2.13. The molecule has 0 atom stereocenters. The van der Waals surface area contributed by atoms with E-state index in [4.69, 9.17) is 0 Å². The lowest BCUT2D eigenvalue weighted by Crippen LogP contribution is -2.15. The molecule has 0 aliphatic rings. The number of amides is 3. The Labute approximate surface area is 143 Å². The fourth-order valence-corrected chi connectivity index (χ4v) is 2.81. The van der Waals surface area contributed by atoms with Crippen LogP contribution in [0.15, 0.2) is 18.2 Å². The van der Waals surface area contributed by atoms with E-state index in [1.807, 2.05) is 13.8 Å². The Morgan fingerprint density at radius 3 is 1.88 bits per heavy atom. The van der Waals surface area contributed by atoms with Crippen molar-refractivity contribution < 1.29 is 14.4 Å². The number of benzene rings is 1. The largest absolute Gasteiger partial charge is 0.326 e. The van der Waals surface area contributed by atoms with Crippen molar-refractivity contribution in [3.63, 3.8) is 0 Å². The number of aromatic nitrogens is 1. The molecule has 8 heteroatoms. The number of nitrogens with one attached hydrogen (secondary N) is 3. The van der Waals surface area contributed by atoms with Crippen molar-refractivity contribution in [2.24, 2.45) is 0 Å². The van der Waals surface area contributed by atoms with Gasteiger partial charge in [0.05, 0.1) is 5.69 Å². The van der Waals surface area contributed by atoms with Gasteiger partial charge in [-0.1, -0.05) is 0 Å². The van der Waals surface area contributed by atoms with E-state index >= 15 is 0 Å². The van der Waals surface area contributed by atoms with E-state index in [0.717, 1.165) is 10.6 Å². The van der Waals surface area contributed by atoms with Gasteiger partial charge in [-0.3, -0.25) is 19.7 Å². The van der Waals surface area contributed by atoms with Crippen LogP contribution in [-0.2, 0) is 9.59 Å². The van der Waals surface area contributed by atoms with Crippen molar-refractivity contribution in [3.8, 4) is 0 Å². The van der Waals surface area contributed by atoms with Gasteiger partial charge >= 0.3 is 0 Å². The van der Waals surface area contributed by atoms with Crippen LogP contribution in [0.4, 0.5) is 16.5 Å². The van der Waals surface area contributed by atoms with Crippen LogP contribution in [0.5, 0.6) is 0 Å². The number of thiazole rings is 1. The number of hydrogen-bond donors (Lipinski definition) is 3. The van der Waals surface area contributed by atoms with E-state index in [1.165, 1.54) is 37.3 Å². The third-order valence-corrected chi connectivity index (χ3v) is 4.07. The summed E-state index contributed by atoms with van der Waals surface area (Å²) in [5.74, 6) is -0.914. The minimum Gasteiger partial charge on any atom is -0.326 e. The fourth-order valence-electron chi connectivity index (χ4n) is 2.01. The van der Waals surface area contributed by atoms with Gasteiger partial charge in [0.25, 0.3) is 5.91 Å². The maximum absolute atomic E-state index is 12.4. The van der Waals surface area contributed by atoms with E-state index in [-0.39, 0.29) is 17.7 Å². The number of aryl methyl sites for hydroxylation is 2. The summed E-state index contributed by atoms with van der Waals surface area (Å²) in [6.07, 6.45) is 0. The molecule has 2 aromatic rings. The van der Waals surface area contributed by atoms with Gasteiger partial charge in [0.1, 0.15) is 0 Å². The number of anilines is 3. The second-order valence-corrected chi connectivity index (χ2v) is 6.48. The van der Waals surface area contributed by atoms with Crippen molar-refractivity contribution in [1.29, 1.82) is 0 Å². The molecular formula is C16H18N4O3S. The van der Waals surface area contributed by atoms with Crippen LogP contribution in [0, 0.1) is 13.8 Å². The molecule has 3 amide bonds. The fraction of sp³-hybridized carbons (Fsp3) is 0.250. The second-order valence-electron chi connectivity index (χ2n) is 5.28. The van der Waals surface area contributed by atoms with Gasteiger partial charge in [-0.2, -0.15) is 0 Å². The average Bonchev–Trinajstić information content (AvgIpc) is 2.75. The van der Waals surface area contributed by atoms with E-state index in [9.17, 15) is 14.4 Å². The Kier molecular flexibility index (Phi) is 5.30. The SMILES string of the molecule is CC(=O)Nc1cc(NC(C)=O)cc(C(=O)Nc2nc(C)c(C)s2)c1. The third-order valence-electron chi connectivity index (χ3n) is 3.08. The first kappa shape index (κ1) is 17.6. The lowest BCUT2D eigenvalue weighted by Gasteiger charge is -2.10. The van der Waals surface area contributed by atoms with Crippen molar-refractivity contribution in [1.82, 2.24) is 4.98 Å². The second kappa shape index (κ2) is 7.22. The molecule has 0 unspecified atom stereocenters. The Morgan fingerprint density at radius 2 is 1.46 bits per heavy atom. The Hall–Kier alpha value is -2.74. The van der Waals surface area contributed by atoms with Crippen LogP contribution in [-0.4, -0.2) is 22.7 Å². The molecule has 1 heterocycles. The van der Waals surface area contributed by atoms with Crippen molar-refractivity contribution in [3.05, 3.63) is 34.3 Å². The molecule has 126 valence electrons. The maximum atomic E-state index is 12.4. The molecule has 0 bridgehead atoms. The van der Waals surface area contributed by atoms with E-state index in [2.05, 4.69) is 20.9 Å². The lowest BCUT2D eigenvalue weighted by molar-refractivity contribution is -0.115. The molecule has 0 fully saturated rings. The van der Waals surface area contributed by atoms with Crippen LogP contribution in [0.3, 0.4) is 0 Å². The summed E-state index contributed by atoms with van der Waals surface area (Å²) in [6.45, 7) is 6.53. The molecular weight excluding hydrogens is 328 g/mol. The van der Waals surface area contributed by atoms with Gasteiger partial charge < -0.3 is 10.6 Å². The van der Waals surface area contributed by atoms with Gasteiger partial charge in [0.15, 0.2) is 5.13 Å². The standard InChI is InChI=1S/C16H18N4O3S/c1-8-9(2)24-16(17-8)20-15(23)12-5-13(18-10(3)21)7-14(6-12)19-11(4)22/h5-7H,1-4H3,(H,18,21)(H,19,22)(H,17,20,23). The molecule has 0 spiro atoms. The number of hydrogen-bond acceptors (Lipinski definition) is 5. The number of rotatable bonds is 4. The van der Waals surface area contributed by atoms with E-state index in [1.54, 1.807) is 6.07 Å². The van der Waals surface area contributed by atoms with E-state index < -0.39 is 0 Å². The van der Waals surface area contributed by atoms with Crippen LogP contribution in [0.25, 0.3) is 0 Å². The predicted molar refractivity (Wildman–Crippen MR) is 94.6 cm³/mol. The normalized spacial score (nSPS) is 10.2. The minimum absolute atomic E-state index is 0.271. The predicted octanol–water partition coefficient (Wildman–Crippen LogP) is 2.93. The zero-order valence-electron chi connectivity index (χ0n) is 13.8. The number of nitrogens with zero attached hydrogens (tertiary/aromatic N) is 1. The molecule has 2 rings (SSSR count). The molecule has 7 nitrogen and oxygen atoms in total. The molecule has 0 aliphatic carbocycles. The summed E-state index contributed by atoms with van der Waals surface area (Å²) in [7, 11) is 0. The third kappa shape index (κ3) is 4.63. The Bertz CT molecular complexity index is 760. The number of carbonyl (C=O) groups excluding carboxylic acids is 3. The smallest absolute Gasteiger partial charge is 0.257 e. The molecule has 3 N–H and O–H groups in total. The summed E-state index contributed by atoms with van der Waals surface area (Å²) < 4.78 is 0. The zero-order valence-corrected chi connectivity index (χ0v) is 14.6. The minimum atomic E-state index is -0.373. The highest BCUT2D eigenvalue weighted by atomic mass is 32.1.